The van der Waals surface area contributed by atoms with Crippen LogP contribution in [0, 0.1) is 6.92 Å². The molecule has 0 bridgehead atoms. The smallest absolute Gasteiger partial charge is 0.348 e. The number of ether oxygens (including phenoxy) is 1. The highest BCUT2D eigenvalue weighted by Gasteiger charge is 2.29. The number of nitrogens with one attached hydrogen (secondary N) is 1. The van der Waals surface area contributed by atoms with Gasteiger partial charge in [-0.05, 0) is 49.6 Å². The Morgan fingerprint density at radius 1 is 1.12 bits per heavy atom. The number of primary amides is 1. The summed E-state index contributed by atoms with van der Waals surface area (Å²) in [5, 5.41) is 2.72. The third-order valence-corrected chi connectivity index (χ3v) is 8.99. The van der Waals surface area contributed by atoms with E-state index in [9.17, 15) is 22.8 Å². The SMILES string of the molecule is COC(=O)c1sc(NC(=O)c2ccc(S(=O)(=O)N(C)C3CCCCC3)cc2)c(C(N)=O)c1C. The summed E-state index contributed by atoms with van der Waals surface area (Å²) in [6, 6.07) is 5.56. The fourth-order valence-corrected chi connectivity index (χ4v) is 6.49. The van der Waals surface area contributed by atoms with Crippen molar-refractivity contribution in [1.29, 1.82) is 0 Å². The molecule has 33 heavy (non-hydrogen) atoms. The number of benzene rings is 1. The summed E-state index contributed by atoms with van der Waals surface area (Å²) in [5.74, 6) is -2.00. The van der Waals surface area contributed by atoms with Crippen LogP contribution in [0.1, 0.15) is 68.1 Å². The molecule has 1 aromatic carbocycles. The Kier molecular flexibility index (Phi) is 7.55. The summed E-state index contributed by atoms with van der Waals surface area (Å²) >= 11 is 0.887. The van der Waals surface area contributed by atoms with Gasteiger partial charge in [0, 0.05) is 18.7 Å². The molecule has 11 heteroatoms. The predicted octanol–water partition coefficient (Wildman–Crippen LogP) is 3.15. The van der Waals surface area contributed by atoms with E-state index in [0.29, 0.717) is 5.56 Å². The fourth-order valence-electron chi connectivity index (χ4n) is 3.95. The zero-order chi connectivity index (χ0) is 24.3. The van der Waals surface area contributed by atoms with Crippen LogP contribution in [0.5, 0.6) is 0 Å². The summed E-state index contributed by atoms with van der Waals surface area (Å²) in [6.07, 6.45) is 4.82. The lowest BCUT2D eigenvalue weighted by Crippen LogP contribution is -2.38. The Morgan fingerprint density at radius 2 is 1.73 bits per heavy atom. The molecule has 0 atom stereocenters. The van der Waals surface area contributed by atoms with Gasteiger partial charge in [0.15, 0.2) is 0 Å². The second kappa shape index (κ2) is 10.0. The lowest BCUT2D eigenvalue weighted by Gasteiger charge is -2.30. The monoisotopic (exact) mass is 493 g/mol. The molecular formula is C22H27N3O6S2. The minimum absolute atomic E-state index is 0.0231. The van der Waals surface area contributed by atoms with Crippen molar-refractivity contribution in [2.24, 2.45) is 5.73 Å². The summed E-state index contributed by atoms with van der Waals surface area (Å²) in [4.78, 5) is 36.9. The van der Waals surface area contributed by atoms with Gasteiger partial charge in [0.25, 0.3) is 11.8 Å². The van der Waals surface area contributed by atoms with E-state index in [1.807, 2.05) is 0 Å². The Morgan fingerprint density at radius 3 is 2.27 bits per heavy atom. The number of esters is 1. The standard InChI is InChI=1S/C22H27N3O6S2/c1-13-17(19(23)26)21(32-18(13)22(28)31-3)24-20(27)14-9-11-16(12-10-14)33(29,30)25(2)15-7-5-4-6-8-15/h9-12,15H,4-8H2,1-3H3,(H2,23,26)(H,24,27). The van der Waals surface area contributed by atoms with Crippen LogP contribution in [0.15, 0.2) is 29.2 Å². The highest BCUT2D eigenvalue weighted by molar-refractivity contribution is 7.89. The van der Waals surface area contributed by atoms with Gasteiger partial charge in [-0.2, -0.15) is 4.31 Å². The van der Waals surface area contributed by atoms with Crippen molar-refractivity contribution in [1.82, 2.24) is 4.31 Å². The molecule has 3 rings (SSSR count). The Hall–Kier alpha value is -2.76. The number of anilines is 1. The Labute approximate surface area is 197 Å². The van der Waals surface area contributed by atoms with Crippen molar-refractivity contribution in [2.45, 2.75) is 50.0 Å². The first kappa shape index (κ1) is 24.9. The van der Waals surface area contributed by atoms with Crippen molar-refractivity contribution < 1.29 is 27.5 Å². The number of hydrogen-bond donors (Lipinski definition) is 2. The quantitative estimate of drug-likeness (QED) is 0.569. The Balaban J connectivity index is 1.81. The third kappa shape index (κ3) is 5.10. The van der Waals surface area contributed by atoms with Gasteiger partial charge in [-0.1, -0.05) is 19.3 Å². The van der Waals surface area contributed by atoms with E-state index in [1.165, 1.54) is 35.7 Å². The summed E-state index contributed by atoms with van der Waals surface area (Å²) in [6.45, 7) is 1.54. The largest absolute Gasteiger partial charge is 0.465 e. The number of amides is 2. The maximum Gasteiger partial charge on any atom is 0.348 e. The maximum atomic E-state index is 13.0. The zero-order valence-corrected chi connectivity index (χ0v) is 20.3. The third-order valence-electron chi connectivity index (χ3n) is 5.87. The highest BCUT2D eigenvalue weighted by atomic mass is 32.2. The number of rotatable bonds is 7. The average molecular weight is 494 g/mol. The van der Waals surface area contributed by atoms with Crippen molar-refractivity contribution in [3.63, 3.8) is 0 Å². The van der Waals surface area contributed by atoms with Gasteiger partial charge >= 0.3 is 5.97 Å². The molecule has 0 unspecified atom stereocenters. The van der Waals surface area contributed by atoms with Crippen molar-refractivity contribution in [3.05, 3.63) is 45.8 Å². The number of sulfonamides is 1. The molecule has 0 spiro atoms. The van der Waals surface area contributed by atoms with Gasteiger partial charge in [0.2, 0.25) is 10.0 Å². The fraction of sp³-hybridized carbons (Fsp3) is 0.409. The first-order valence-electron chi connectivity index (χ1n) is 10.5. The van der Waals surface area contributed by atoms with E-state index in [2.05, 4.69) is 5.32 Å². The first-order chi connectivity index (χ1) is 15.6. The van der Waals surface area contributed by atoms with Crippen LogP contribution in [0.25, 0.3) is 0 Å². The van der Waals surface area contributed by atoms with E-state index < -0.39 is 27.8 Å². The molecule has 0 saturated heterocycles. The van der Waals surface area contributed by atoms with Crippen LogP contribution in [-0.4, -0.2) is 50.7 Å². The van der Waals surface area contributed by atoms with Crippen molar-refractivity contribution in [2.75, 3.05) is 19.5 Å². The zero-order valence-electron chi connectivity index (χ0n) is 18.7. The number of carbonyl (C=O) groups is 3. The van der Waals surface area contributed by atoms with Crippen LogP contribution in [0.4, 0.5) is 5.00 Å². The number of hydrogen-bond acceptors (Lipinski definition) is 7. The van der Waals surface area contributed by atoms with Crippen molar-refractivity contribution >= 4 is 44.1 Å². The van der Waals surface area contributed by atoms with Crippen LogP contribution in [-0.2, 0) is 14.8 Å². The molecule has 1 aromatic heterocycles. The van der Waals surface area contributed by atoms with Crippen LogP contribution in [0.3, 0.4) is 0 Å². The molecular weight excluding hydrogens is 466 g/mol. The lowest BCUT2D eigenvalue weighted by atomic mass is 9.96. The van der Waals surface area contributed by atoms with Crippen molar-refractivity contribution in [3.8, 4) is 0 Å². The van der Waals surface area contributed by atoms with E-state index in [0.717, 1.165) is 43.4 Å². The van der Waals surface area contributed by atoms with E-state index >= 15 is 0 Å². The Bertz CT molecular complexity index is 1170. The van der Waals surface area contributed by atoms with E-state index in [1.54, 1.807) is 14.0 Å². The molecule has 3 N–H and O–H groups in total. The molecule has 1 heterocycles. The maximum absolute atomic E-state index is 13.0. The van der Waals surface area contributed by atoms with Gasteiger partial charge in [-0.3, -0.25) is 9.59 Å². The number of nitrogens with zero attached hydrogens (tertiary/aromatic N) is 1. The van der Waals surface area contributed by atoms with Crippen LogP contribution < -0.4 is 11.1 Å². The van der Waals surface area contributed by atoms with Gasteiger partial charge in [0.05, 0.1) is 17.6 Å². The number of thiophene rings is 1. The second-order valence-corrected chi connectivity index (χ2v) is 10.9. The minimum atomic E-state index is -3.68. The first-order valence-corrected chi connectivity index (χ1v) is 12.7. The highest BCUT2D eigenvalue weighted by Crippen LogP contribution is 2.34. The molecule has 1 saturated carbocycles. The average Bonchev–Trinajstić information content (AvgIpc) is 3.14. The molecule has 1 aliphatic rings. The van der Waals surface area contributed by atoms with Gasteiger partial charge < -0.3 is 15.8 Å². The number of nitrogens with two attached hydrogens (primary N) is 1. The molecule has 0 aliphatic heterocycles. The van der Waals surface area contributed by atoms with E-state index in [-0.39, 0.29) is 31.9 Å². The molecule has 1 fully saturated rings. The van der Waals surface area contributed by atoms with Gasteiger partial charge in [-0.25, -0.2) is 13.2 Å². The predicted molar refractivity (Wildman–Crippen MR) is 125 cm³/mol. The van der Waals surface area contributed by atoms with Crippen LogP contribution >= 0.6 is 11.3 Å². The topological polar surface area (TPSA) is 136 Å². The number of carbonyl (C=O) groups excluding carboxylic acids is 3. The molecule has 2 aromatic rings. The van der Waals surface area contributed by atoms with Gasteiger partial charge in [0.1, 0.15) is 9.88 Å². The molecule has 0 radical (unpaired) electrons. The normalized spacial score (nSPS) is 14.8. The van der Waals surface area contributed by atoms with E-state index in [4.69, 9.17) is 10.5 Å². The molecule has 2 amide bonds. The minimum Gasteiger partial charge on any atom is -0.465 e. The summed E-state index contributed by atoms with van der Waals surface area (Å²) in [5.41, 5.74) is 5.98. The molecule has 9 nitrogen and oxygen atoms in total. The molecule has 1 aliphatic carbocycles. The lowest BCUT2D eigenvalue weighted by molar-refractivity contribution is 0.0605. The second-order valence-electron chi connectivity index (χ2n) is 7.91. The van der Waals surface area contributed by atoms with Gasteiger partial charge in [-0.15, -0.1) is 11.3 Å². The van der Waals surface area contributed by atoms with Crippen LogP contribution in [0.2, 0.25) is 0 Å². The number of methoxy groups -OCH3 is 1. The summed E-state index contributed by atoms with van der Waals surface area (Å²) in [7, 11) is -0.876. The molecule has 178 valence electrons. The summed E-state index contributed by atoms with van der Waals surface area (Å²) < 4.78 is 32.1.